The first-order chi connectivity index (χ1) is 14.3. The Hall–Kier alpha value is -2.34. The normalized spacial score (nSPS) is 13.3. The lowest BCUT2D eigenvalue weighted by molar-refractivity contribution is -0.157. The highest BCUT2D eigenvalue weighted by atomic mass is 32.1. The summed E-state index contributed by atoms with van der Waals surface area (Å²) in [4.78, 5) is 22.2. The van der Waals surface area contributed by atoms with Crippen molar-refractivity contribution in [1.82, 2.24) is 15.3 Å². The van der Waals surface area contributed by atoms with Gasteiger partial charge in [0, 0.05) is 24.7 Å². The van der Waals surface area contributed by atoms with Crippen molar-refractivity contribution in [3.63, 3.8) is 0 Å². The van der Waals surface area contributed by atoms with E-state index in [0.717, 1.165) is 25.1 Å². The first-order valence-corrected chi connectivity index (χ1v) is 11.0. The molecule has 1 N–H and O–H groups in total. The Morgan fingerprint density at radius 1 is 1.10 bits per heavy atom. The Labute approximate surface area is 185 Å². The first-order valence-electron chi connectivity index (χ1n) is 10.6. The number of aromatic nitrogens is 2. The van der Waals surface area contributed by atoms with Gasteiger partial charge in [-0.3, -0.25) is 0 Å². The monoisotopic (exact) mass is 427 g/mol. The van der Waals surface area contributed by atoms with Gasteiger partial charge in [0.25, 0.3) is 0 Å². The fourth-order valence-corrected chi connectivity index (χ4v) is 3.44. The number of nitrogens with one attached hydrogen (secondary N) is 1. The van der Waals surface area contributed by atoms with Crippen molar-refractivity contribution in [3.8, 4) is 0 Å². The predicted octanol–water partition coefficient (Wildman–Crippen LogP) is 4.70. The van der Waals surface area contributed by atoms with Crippen molar-refractivity contribution in [1.29, 1.82) is 0 Å². The maximum atomic E-state index is 12.8. The average Bonchev–Trinajstić information content (AvgIpc) is 2.70. The molecule has 1 aromatic heterocycles. The maximum Gasteiger partial charge on any atom is 0.329 e. The Balaban J connectivity index is 2.17. The fraction of sp³-hybridized carbons (Fsp3) is 0.500. The average molecular weight is 428 g/mol. The maximum absolute atomic E-state index is 12.8. The Bertz CT molecular complexity index is 750. The van der Waals surface area contributed by atoms with Crippen LogP contribution in [0.4, 0.5) is 0 Å². The third-order valence-corrected chi connectivity index (χ3v) is 5.05. The van der Waals surface area contributed by atoms with Crippen LogP contribution >= 0.6 is 12.2 Å². The first kappa shape index (κ1) is 23.9. The zero-order chi connectivity index (χ0) is 22.0. The minimum absolute atomic E-state index is 0.0173. The number of ether oxygens (including phenoxy) is 1. The van der Waals surface area contributed by atoms with Gasteiger partial charge in [0.15, 0.2) is 0 Å². The van der Waals surface area contributed by atoms with Crippen molar-refractivity contribution in [2.75, 3.05) is 0 Å². The molecule has 0 saturated heterocycles. The van der Waals surface area contributed by atoms with Crippen LogP contribution in [0.3, 0.4) is 0 Å². The summed E-state index contributed by atoms with van der Waals surface area (Å²) < 4.78 is 5.63. The molecule has 2 aromatic rings. The quantitative estimate of drug-likeness (QED) is 0.438. The highest BCUT2D eigenvalue weighted by Gasteiger charge is 2.27. The molecule has 0 spiro atoms. The number of nitrogens with zero attached hydrogens (tertiary/aromatic N) is 2. The predicted molar refractivity (Wildman–Crippen MR) is 124 cm³/mol. The lowest BCUT2D eigenvalue weighted by Crippen LogP contribution is -2.46. The summed E-state index contributed by atoms with van der Waals surface area (Å²) in [5, 5.41) is 3.32. The van der Waals surface area contributed by atoms with Crippen LogP contribution in [0, 0.1) is 5.92 Å². The molecule has 1 heterocycles. The number of benzene rings is 1. The van der Waals surface area contributed by atoms with E-state index < -0.39 is 11.6 Å². The van der Waals surface area contributed by atoms with E-state index in [-0.39, 0.29) is 11.9 Å². The van der Waals surface area contributed by atoms with Gasteiger partial charge < -0.3 is 10.1 Å². The zero-order valence-corrected chi connectivity index (χ0v) is 19.2. The molecule has 0 fully saturated rings. The van der Waals surface area contributed by atoms with Crippen molar-refractivity contribution in [2.24, 2.45) is 5.92 Å². The lowest BCUT2D eigenvalue weighted by Gasteiger charge is -2.27. The Morgan fingerprint density at radius 2 is 1.77 bits per heavy atom. The van der Waals surface area contributed by atoms with Crippen molar-refractivity contribution in [3.05, 3.63) is 60.2 Å². The molecule has 0 aliphatic rings. The molecule has 2 atom stereocenters. The third-order valence-electron chi connectivity index (χ3n) is 4.60. The Kier molecular flexibility index (Phi) is 9.37. The van der Waals surface area contributed by atoms with E-state index in [4.69, 9.17) is 17.0 Å². The second-order valence-electron chi connectivity index (χ2n) is 8.49. The van der Waals surface area contributed by atoms with E-state index in [1.807, 2.05) is 39.0 Å². The summed E-state index contributed by atoms with van der Waals surface area (Å²) in [5.74, 6) is 0.467. The number of hydrogen-bond acceptors (Lipinski definition) is 5. The molecule has 0 aliphatic carbocycles. The fourth-order valence-electron chi connectivity index (χ4n) is 3.13. The van der Waals surface area contributed by atoms with E-state index in [2.05, 4.69) is 34.3 Å². The van der Waals surface area contributed by atoms with Crippen molar-refractivity contribution >= 4 is 23.2 Å². The molecule has 0 radical (unpaired) electrons. The van der Waals surface area contributed by atoms with Gasteiger partial charge in [-0.1, -0.05) is 62.3 Å². The number of thiocarbonyl (C=S) groups is 1. The smallest absolute Gasteiger partial charge is 0.329 e. The summed E-state index contributed by atoms with van der Waals surface area (Å²) in [6.45, 7) is 7.75. The summed E-state index contributed by atoms with van der Waals surface area (Å²) in [6.07, 6.45) is 7.44. The Morgan fingerprint density at radius 3 is 2.37 bits per heavy atom. The number of unbranched alkanes of at least 4 members (excludes halogenated alkanes) is 1. The van der Waals surface area contributed by atoms with Crippen LogP contribution in [-0.4, -0.2) is 32.6 Å². The number of carbonyl (C=O) groups excluding carboxylic acids is 1. The minimum atomic E-state index is -0.536. The van der Waals surface area contributed by atoms with Crippen molar-refractivity contribution < 1.29 is 9.53 Å². The van der Waals surface area contributed by atoms with Crippen molar-refractivity contribution in [2.45, 2.75) is 71.4 Å². The molecule has 6 heteroatoms. The highest BCUT2D eigenvalue weighted by molar-refractivity contribution is 7.80. The van der Waals surface area contributed by atoms with E-state index in [9.17, 15) is 4.79 Å². The van der Waals surface area contributed by atoms with Gasteiger partial charge in [-0.25, -0.2) is 14.8 Å². The summed E-state index contributed by atoms with van der Waals surface area (Å²) in [5.41, 5.74) is 0.650. The third kappa shape index (κ3) is 8.57. The van der Waals surface area contributed by atoms with Gasteiger partial charge in [0.1, 0.15) is 17.5 Å². The summed E-state index contributed by atoms with van der Waals surface area (Å²) >= 11 is 5.79. The number of hydrogen-bond donors (Lipinski definition) is 1. The number of esters is 1. The molecular formula is C24H33N3O2S. The van der Waals surface area contributed by atoms with E-state index in [1.165, 1.54) is 5.56 Å². The standard InChI is InChI=1S/C24H33N3O2S/c1-5-6-13-20(23(28)29-24(2,3)4)27-22(30)19(16-18-11-8-7-9-12-18)17-21-25-14-10-15-26-21/h7-12,14-15,19-20H,5-6,13,16-17H2,1-4H3,(H,27,30)/t19-,20-/m0/s1. The second-order valence-corrected chi connectivity index (χ2v) is 8.93. The SMILES string of the molecule is CCCC[C@H](NC(=S)[C@@H](Cc1ccccc1)Cc1ncccn1)C(=O)OC(C)(C)C. The topological polar surface area (TPSA) is 64.1 Å². The van der Waals surface area contributed by atoms with Crippen LogP contribution in [-0.2, 0) is 22.4 Å². The van der Waals surface area contributed by atoms with Gasteiger partial charge in [0.05, 0.1) is 4.99 Å². The molecule has 1 aromatic carbocycles. The lowest BCUT2D eigenvalue weighted by atomic mass is 9.95. The molecule has 162 valence electrons. The molecule has 0 saturated carbocycles. The van der Waals surface area contributed by atoms with Gasteiger partial charge in [-0.05, 0) is 45.2 Å². The van der Waals surface area contributed by atoms with Crippen LogP contribution in [0.15, 0.2) is 48.8 Å². The van der Waals surface area contributed by atoms with Gasteiger partial charge in [-0.2, -0.15) is 0 Å². The van der Waals surface area contributed by atoms with Crippen LogP contribution in [0.25, 0.3) is 0 Å². The molecule has 0 aliphatic heterocycles. The molecule has 0 bridgehead atoms. The molecule has 0 unspecified atom stereocenters. The largest absolute Gasteiger partial charge is 0.458 e. The molecule has 5 nitrogen and oxygen atoms in total. The van der Waals surface area contributed by atoms with Gasteiger partial charge >= 0.3 is 5.97 Å². The van der Waals surface area contributed by atoms with Gasteiger partial charge in [0.2, 0.25) is 0 Å². The summed E-state index contributed by atoms with van der Waals surface area (Å²) in [7, 11) is 0. The minimum Gasteiger partial charge on any atom is -0.458 e. The second kappa shape index (κ2) is 11.7. The highest BCUT2D eigenvalue weighted by Crippen LogP contribution is 2.17. The number of rotatable bonds is 10. The molecule has 30 heavy (non-hydrogen) atoms. The van der Waals surface area contributed by atoms with E-state index in [0.29, 0.717) is 17.8 Å². The van der Waals surface area contributed by atoms with E-state index in [1.54, 1.807) is 18.5 Å². The van der Waals surface area contributed by atoms with Crippen LogP contribution in [0.2, 0.25) is 0 Å². The molecule has 2 rings (SSSR count). The van der Waals surface area contributed by atoms with E-state index >= 15 is 0 Å². The van der Waals surface area contributed by atoms with Crippen LogP contribution < -0.4 is 5.32 Å². The number of carbonyl (C=O) groups is 1. The summed E-state index contributed by atoms with van der Waals surface area (Å²) in [6, 6.07) is 11.6. The molecular weight excluding hydrogens is 394 g/mol. The van der Waals surface area contributed by atoms with Gasteiger partial charge in [-0.15, -0.1) is 0 Å². The van der Waals surface area contributed by atoms with Crippen LogP contribution in [0.5, 0.6) is 0 Å². The molecule has 0 amide bonds. The van der Waals surface area contributed by atoms with Crippen LogP contribution in [0.1, 0.15) is 58.3 Å². The zero-order valence-electron chi connectivity index (χ0n) is 18.4.